The van der Waals surface area contributed by atoms with E-state index in [0.717, 1.165) is 12.1 Å². The van der Waals surface area contributed by atoms with Crippen molar-refractivity contribution in [3.8, 4) is 11.6 Å². The number of benzene rings is 1. The van der Waals surface area contributed by atoms with E-state index in [2.05, 4.69) is 24.1 Å². The summed E-state index contributed by atoms with van der Waals surface area (Å²) in [5, 5.41) is 3.25. The monoisotopic (exact) mass is 317 g/mol. The van der Waals surface area contributed by atoms with Crippen molar-refractivity contribution in [2.24, 2.45) is 11.7 Å². The van der Waals surface area contributed by atoms with Crippen LogP contribution in [0.4, 0.5) is 4.39 Å². The van der Waals surface area contributed by atoms with Gasteiger partial charge >= 0.3 is 0 Å². The maximum absolute atomic E-state index is 14.1. The number of aromatic nitrogens is 1. The zero-order valence-corrected chi connectivity index (χ0v) is 13.2. The number of hydrogen-bond acceptors (Lipinski definition) is 4. The molecule has 2 rings (SSSR count). The van der Waals surface area contributed by atoms with E-state index in [1.165, 1.54) is 24.4 Å². The number of ether oxygens (including phenoxy) is 1. The van der Waals surface area contributed by atoms with Crippen LogP contribution >= 0.6 is 0 Å². The summed E-state index contributed by atoms with van der Waals surface area (Å²) in [6.45, 7) is 5.69. The quantitative estimate of drug-likeness (QED) is 0.823. The lowest BCUT2D eigenvalue weighted by atomic mass is 10.2. The molecule has 0 radical (unpaired) electrons. The third-order valence-electron chi connectivity index (χ3n) is 3.11. The number of amides is 1. The normalized spacial score (nSPS) is 10.8. The van der Waals surface area contributed by atoms with Crippen LogP contribution in [0.2, 0.25) is 0 Å². The zero-order chi connectivity index (χ0) is 16.8. The van der Waals surface area contributed by atoms with Gasteiger partial charge in [0.1, 0.15) is 0 Å². The highest BCUT2D eigenvalue weighted by Gasteiger charge is 2.08. The Labute approximate surface area is 134 Å². The lowest BCUT2D eigenvalue weighted by Crippen LogP contribution is -2.18. The van der Waals surface area contributed by atoms with Gasteiger partial charge in [-0.15, -0.1) is 0 Å². The third-order valence-corrected chi connectivity index (χ3v) is 3.11. The Morgan fingerprint density at radius 2 is 2.13 bits per heavy atom. The van der Waals surface area contributed by atoms with Crippen LogP contribution < -0.4 is 15.8 Å². The molecule has 0 saturated carbocycles. The molecule has 5 nitrogen and oxygen atoms in total. The average Bonchev–Trinajstić information content (AvgIpc) is 2.50. The van der Waals surface area contributed by atoms with Gasteiger partial charge in [0.25, 0.3) is 0 Å². The maximum atomic E-state index is 14.1. The first kappa shape index (κ1) is 16.9. The number of halogens is 1. The van der Waals surface area contributed by atoms with Crippen LogP contribution in [0.1, 0.15) is 29.8 Å². The van der Waals surface area contributed by atoms with Crippen molar-refractivity contribution in [3.05, 3.63) is 53.5 Å². The van der Waals surface area contributed by atoms with Gasteiger partial charge in [0.2, 0.25) is 11.8 Å². The van der Waals surface area contributed by atoms with E-state index < -0.39 is 11.7 Å². The minimum atomic E-state index is -0.575. The molecule has 0 fully saturated rings. The number of carbonyl (C=O) groups excluding carboxylic acids is 1. The molecule has 0 unspecified atom stereocenters. The Hall–Kier alpha value is -2.47. The van der Waals surface area contributed by atoms with E-state index >= 15 is 0 Å². The van der Waals surface area contributed by atoms with Crippen LogP contribution in [0.3, 0.4) is 0 Å². The number of pyridine rings is 1. The van der Waals surface area contributed by atoms with Gasteiger partial charge in [-0.1, -0.05) is 19.9 Å². The summed E-state index contributed by atoms with van der Waals surface area (Å²) in [6, 6.07) is 7.74. The third kappa shape index (κ3) is 5.03. The summed E-state index contributed by atoms with van der Waals surface area (Å²) in [7, 11) is 0. The number of nitrogens with two attached hydrogens (primary N) is 1. The summed E-state index contributed by atoms with van der Waals surface area (Å²) < 4.78 is 19.5. The number of primary amides is 1. The summed E-state index contributed by atoms with van der Waals surface area (Å²) in [5.74, 6) is -0.225. The molecule has 0 saturated heterocycles. The highest BCUT2D eigenvalue weighted by Crippen LogP contribution is 2.24. The molecule has 6 heteroatoms. The van der Waals surface area contributed by atoms with Crippen LogP contribution in [0.15, 0.2) is 36.5 Å². The zero-order valence-electron chi connectivity index (χ0n) is 13.2. The largest absolute Gasteiger partial charge is 0.436 e. The second-order valence-electron chi connectivity index (χ2n) is 5.64. The van der Waals surface area contributed by atoms with Gasteiger partial charge in [0.15, 0.2) is 11.6 Å². The molecular formula is C17H20FN3O2. The molecule has 0 spiro atoms. The molecule has 0 bridgehead atoms. The highest BCUT2D eigenvalue weighted by molar-refractivity contribution is 5.92. The van der Waals surface area contributed by atoms with Gasteiger partial charge in [0.05, 0.1) is 5.56 Å². The Morgan fingerprint density at radius 1 is 1.35 bits per heavy atom. The van der Waals surface area contributed by atoms with Crippen LogP contribution in [-0.2, 0) is 6.54 Å². The van der Waals surface area contributed by atoms with Crippen molar-refractivity contribution >= 4 is 5.91 Å². The number of hydrogen-bond donors (Lipinski definition) is 2. The summed E-state index contributed by atoms with van der Waals surface area (Å²) in [6.07, 6.45) is 1.29. The van der Waals surface area contributed by atoms with Crippen LogP contribution in [0.5, 0.6) is 11.6 Å². The lowest BCUT2D eigenvalue weighted by Gasteiger charge is -2.10. The number of rotatable bonds is 7. The van der Waals surface area contributed by atoms with Crippen molar-refractivity contribution in [1.29, 1.82) is 0 Å². The number of nitrogens with one attached hydrogen (secondary N) is 1. The van der Waals surface area contributed by atoms with Gasteiger partial charge < -0.3 is 15.8 Å². The van der Waals surface area contributed by atoms with Gasteiger partial charge in [-0.2, -0.15) is 0 Å². The van der Waals surface area contributed by atoms with Crippen LogP contribution in [0.25, 0.3) is 0 Å². The molecule has 0 atom stereocenters. The fourth-order valence-electron chi connectivity index (χ4n) is 1.94. The van der Waals surface area contributed by atoms with Crippen LogP contribution in [0, 0.1) is 11.7 Å². The predicted molar refractivity (Wildman–Crippen MR) is 85.8 cm³/mol. The first-order valence-electron chi connectivity index (χ1n) is 7.38. The molecule has 0 aliphatic rings. The fourth-order valence-corrected chi connectivity index (χ4v) is 1.94. The molecule has 122 valence electrons. The molecule has 1 amide bonds. The van der Waals surface area contributed by atoms with Crippen molar-refractivity contribution in [3.63, 3.8) is 0 Å². The average molecular weight is 317 g/mol. The van der Waals surface area contributed by atoms with Crippen molar-refractivity contribution < 1.29 is 13.9 Å². The molecule has 0 aliphatic carbocycles. The van der Waals surface area contributed by atoms with Gasteiger partial charge in [-0.05, 0) is 36.2 Å². The number of nitrogens with zero attached hydrogens (tertiary/aromatic N) is 1. The lowest BCUT2D eigenvalue weighted by molar-refractivity contribution is 0.1000. The highest BCUT2D eigenvalue weighted by atomic mass is 19.1. The van der Waals surface area contributed by atoms with Gasteiger partial charge in [-0.3, -0.25) is 4.79 Å². The Bertz CT molecular complexity index is 672. The Balaban J connectivity index is 2.01. The van der Waals surface area contributed by atoms with Crippen molar-refractivity contribution in [2.75, 3.05) is 6.54 Å². The maximum Gasteiger partial charge on any atom is 0.250 e. The SMILES string of the molecule is CC(C)CNCc1ccc(Oc2ccc(C(N)=O)cn2)c(F)c1. The minimum Gasteiger partial charge on any atom is -0.436 e. The molecule has 1 heterocycles. The fraction of sp³-hybridized carbons (Fsp3) is 0.294. The van der Waals surface area contributed by atoms with E-state index in [-0.39, 0.29) is 17.2 Å². The minimum absolute atomic E-state index is 0.0805. The predicted octanol–water partition coefficient (Wildman–Crippen LogP) is 2.86. The van der Waals surface area contributed by atoms with E-state index in [1.807, 2.05) is 0 Å². The molecular weight excluding hydrogens is 297 g/mol. The van der Waals surface area contributed by atoms with Gasteiger partial charge in [-0.25, -0.2) is 9.37 Å². The molecule has 1 aromatic heterocycles. The van der Waals surface area contributed by atoms with E-state index in [4.69, 9.17) is 10.5 Å². The first-order chi connectivity index (χ1) is 11.0. The first-order valence-corrected chi connectivity index (χ1v) is 7.38. The summed E-state index contributed by atoms with van der Waals surface area (Å²) in [4.78, 5) is 14.9. The Morgan fingerprint density at radius 3 is 2.70 bits per heavy atom. The summed E-state index contributed by atoms with van der Waals surface area (Å²) in [5.41, 5.74) is 6.24. The summed E-state index contributed by atoms with van der Waals surface area (Å²) >= 11 is 0. The van der Waals surface area contributed by atoms with Gasteiger partial charge in [0, 0.05) is 18.8 Å². The Kier molecular flexibility index (Phi) is 5.65. The standard InChI is InChI=1S/C17H20FN3O2/c1-11(2)8-20-9-12-3-5-15(14(18)7-12)23-16-6-4-13(10-21-16)17(19)22/h3-7,10-11,20H,8-9H2,1-2H3,(H2,19,22). The number of carbonyl (C=O) groups is 1. The molecule has 2 aromatic rings. The molecule has 23 heavy (non-hydrogen) atoms. The van der Waals surface area contributed by atoms with Crippen LogP contribution in [-0.4, -0.2) is 17.4 Å². The molecule has 1 aromatic carbocycles. The van der Waals surface area contributed by atoms with E-state index in [1.54, 1.807) is 12.1 Å². The van der Waals surface area contributed by atoms with E-state index in [0.29, 0.717) is 12.5 Å². The molecule has 3 N–H and O–H groups in total. The second-order valence-corrected chi connectivity index (χ2v) is 5.64. The van der Waals surface area contributed by atoms with Crippen molar-refractivity contribution in [2.45, 2.75) is 20.4 Å². The van der Waals surface area contributed by atoms with E-state index in [9.17, 15) is 9.18 Å². The second kappa shape index (κ2) is 7.69. The molecule has 0 aliphatic heterocycles. The topological polar surface area (TPSA) is 77.2 Å². The van der Waals surface area contributed by atoms with Crippen molar-refractivity contribution in [1.82, 2.24) is 10.3 Å². The smallest absolute Gasteiger partial charge is 0.250 e.